The van der Waals surface area contributed by atoms with E-state index in [1.54, 1.807) is 23.4 Å². The number of carbonyl (C=O) groups is 2. The number of thioether (sulfide) groups is 1. The average Bonchev–Trinajstić information content (AvgIpc) is 3.27. The summed E-state index contributed by atoms with van der Waals surface area (Å²) in [5.74, 6) is 1.30. The molecule has 2 aromatic rings. The van der Waals surface area contributed by atoms with Crippen LogP contribution in [0.25, 0.3) is 0 Å². The summed E-state index contributed by atoms with van der Waals surface area (Å²) in [4.78, 5) is 38.7. The van der Waals surface area contributed by atoms with Crippen LogP contribution < -0.4 is 10.2 Å². The number of amides is 2. The average molecular weight is 532 g/mol. The molecule has 1 fully saturated rings. The van der Waals surface area contributed by atoms with Gasteiger partial charge in [-0.3, -0.25) is 4.79 Å². The number of benzene rings is 1. The zero-order valence-corrected chi connectivity index (χ0v) is 22.8. The first-order chi connectivity index (χ1) is 17.1. The van der Waals surface area contributed by atoms with Gasteiger partial charge in [-0.05, 0) is 29.5 Å². The Morgan fingerprint density at radius 1 is 1.17 bits per heavy atom. The van der Waals surface area contributed by atoms with Gasteiger partial charge in [0.2, 0.25) is 5.91 Å². The number of carbonyl (C=O) groups excluding carboxylic acids is 1. The van der Waals surface area contributed by atoms with E-state index in [-0.39, 0.29) is 17.2 Å². The Labute approximate surface area is 221 Å². The lowest BCUT2D eigenvalue weighted by atomic mass is 9.72. The highest BCUT2D eigenvalue weighted by molar-refractivity contribution is 7.99. The lowest BCUT2D eigenvalue weighted by molar-refractivity contribution is -0.135. The monoisotopic (exact) mass is 531 g/mol. The molecule has 0 aliphatic carbocycles. The quantitative estimate of drug-likeness (QED) is 0.544. The van der Waals surface area contributed by atoms with Crippen molar-refractivity contribution in [1.29, 1.82) is 0 Å². The normalized spacial score (nSPS) is 19.5. The van der Waals surface area contributed by atoms with E-state index in [1.165, 1.54) is 5.56 Å². The van der Waals surface area contributed by atoms with Crippen LogP contribution in [0.3, 0.4) is 0 Å². The maximum absolute atomic E-state index is 13.8. The maximum Gasteiger partial charge on any atom is 0.405 e. The summed E-state index contributed by atoms with van der Waals surface area (Å²) in [5.41, 5.74) is 2.83. The molecule has 4 rings (SSSR count). The molecule has 8 nitrogen and oxygen atoms in total. The van der Waals surface area contributed by atoms with Gasteiger partial charge in [0, 0.05) is 53.7 Å². The molecule has 2 unspecified atom stereocenters. The molecule has 194 valence electrons. The number of hydrogen-bond acceptors (Lipinski definition) is 6. The second-order valence-electron chi connectivity index (χ2n) is 10.4. The van der Waals surface area contributed by atoms with Gasteiger partial charge in [-0.15, -0.1) is 11.8 Å². The van der Waals surface area contributed by atoms with Gasteiger partial charge in [0.15, 0.2) is 0 Å². The van der Waals surface area contributed by atoms with E-state index in [1.807, 2.05) is 44.7 Å². The van der Waals surface area contributed by atoms with Crippen molar-refractivity contribution in [3.63, 3.8) is 0 Å². The molecule has 1 aromatic heterocycles. The van der Waals surface area contributed by atoms with Crippen LogP contribution in [0.1, 0.15) is 62.1 Å². The number of anilines is 1. The summed E-state index contributed by atoms with van der Waals surface area (Å²) in [7, 11) is 0. The van der Waals surface area contributed by atoms with Crippen LogP contribution in [0, 0.1) is 5.41 Å². The second-order valence-corrected chi connectivity index (χ2v) is 12.0. The van der Waals surface area contributed by atoms with E-state index >= 15 is 0 Å². The number of nitrogens with zero attached hydrogens (tertiary/aromatic N) is 4. The van der Waals surface area contributed by atoms with Crippen LogP contribution >= 0.6 is 23.4 Å². The minimum atomic E-state index is -1.21. The molecule has 0 saturated carbocycles. The van der Waals surface area contributed by atoms with Crippen LogP contribution in [0.15, 0.2) is 30.6 Å². The van der Waals surface area contributed by atoms with Crippen molar-refractivity contribution in [2.45, 2.75) is 57.1 Å². The van der Waals surface area contributed by atoms with E-state index < -0.39 is 12.1 Å². The number of piperazine rings is 1. The van der Waals surface area contributed by atoms with Gasteiger partial charge in [-0.25, -0.2) is 14.8 Å². The predicted molar refractivity (Wildman–Crippen MR) is 144 cm³/mol. The van der Waals surface area contributed by atoms with Crippen LogP contribution in [0.2, 0.25) is 5.02 Å². The highest BCUT2D eigenvalue weighted by Crippen LogP contribution is 2.46. The molecule has 2 aliphatic rings. The van der Waals surface area contributed by atoms with E-state index in [4.69, 9.17) is 11.6 Å². The van der Waals surface area contributed by atoms with Crippen molar-refractivity contribution in [3.8, 4) is 0 Å². The van der Waals surface area contributed by atoms with E-state index in [0.29, 0.717) is 36.5 Å². The van der Waals surface area contributed by atoms with Gasteiger partial charge in [0.1, 0.15) is 18.2 Å². The van der Waals surface area contributed by atoms with Crippen molar-refractivity contribution in [2.24, 2.45) is 5.41 Å². The number of aromatic nitrogens is 2. The highest BCUT2D eigenvalue weighted by Gasteiger charge is 2.41. The minimum absolute atomic E-state index is 0.207. The Hall–Kier alpha value is -2.52. The van der Waals surface area contributed by atoms with Crippen LogP contribution in [-0.2, 0) is 10.5 Å². The van der Waals surface area contributed by atoms with Gasteiger partial charge < -0.3 is 20.2 Å². The van der Waals surface area contributed by atoms with Gasteiger partial charge >= 0.3 is 6.09 Å². The summed E-state index contributed by atoms with van der Waals surface area (Å²) in [6.45, 7) is 10.5. The molecule has 2 aliphatic heterocycles. The highest BCUT2D eigenvalue weighted by atomic mass is 35.5. The van der Waals surface area contributed by atoms with Gasteiger partial charge in [0.25, 0.3) is 0 Å². The Bertz CT molecular complexity index is 1100. The van der Waals surface area contributed by atoms with Crippen LogP contribution in [0.5, 0.6) is 0 Å². The number of hydrogen-bond donors (Lipinski definition) is 2. The molecular weight excluding hydrogens is 498 g/mol. The van der Waals surface area contributed by atoms with Crippen molar-refractivity contribution in [2.75, 3.05) is 31.1 Å². The van der Waals surface area contributed by atoms with Crippen molar-refractivity contribution in [3.05, 3.63) is 52.4 Å². The smallest absolute Gasteiger partial charge is 0.405 e. The first kappa shape index (κ1) is 26.5. The third-order valence-corrected chi connectivity index (χ3v) is 8.65. The van der Waals surface area contributed by atoms with Gasteiger partial charge in [-0.2, -0.15) is 0 Å². The summed E-state index contributed by atoms with van der Waals surface area (Å²) in [5, 5.41) is 13.2. The molecule has 1 saturated heterocycles. The molecule has 36 heavy (non-hydrogen) atoms. The Morgan fingerprint density at radius 3 is 2.42 bits per heavy atom. The lowest BCUT2D eigenvalue weighted by Crippen LogP contribution is -2.58. The van der Waals surface area contributed by atoms with Gasteiger partial charge in [0.05, 0.1) is 5.69 Å². The zero-order valence-electron chi connectivity index (χ0n) is 21.2. The molecule has 0 bridgehead atoms. The lowest BCUT2D eigenvalue weighted by Gasteiger charge is -2.41. The Balaban J connectivity index is 1.55. The summed E-state index contributed by atoms with van der Waals surface area (Å²) in [6, 6.07) is 6.38. The standard InChI is InChI=1S/C26H34ClN5O3S/c1-5-19-20-18(14-36-19)28-15-29-23(20)31-10-12-32(13-11-31)24(33)22(30-25(34)35)21(26(2,3)4)16-6-8-17(27)9-7-16/h6-9,15,19,21-22,30H,5,10-14H2,1-4H3,(H,34,35)/t19?,21-,22?/m1/s1. The second kappa shape index (κ2) is 10.8. The molecule has 1 aromatic carbocycles. The van der Waals surface area contributed by atoms with E-state index in [2.05, 4.69) is 27.1 Å². The van der Waals surface area contributed by atoms with Crippen molar-refractivity contribution >= 4 is 41.2 Å². The number of carboxylic acid groups (broad SMARTS) is 1. The number of halogens is 1. The first-order valence-electron chi connectivity index (χ1n) is 12.3. The fraction of sp³-hybridized carbons (Fsp3) is 0.538. The molecule has 0 spiro atoms. The van der Waals surface area contributed by atoms with Crippen molar-refractivity contribution < 1.29 is 14.7 Å². The van der Waals surface area contributed by atoms with Crippen LogP contribution in [-0.4, -0.2) is 64.2 Å². The SMILES string of the molecule is CCC1SCc2ncnc(N3CCN(C(=O)C(NC(=O)O)[C@@H](c4ccc(Cl)cc4)C(C)(C)C)CC3)c21. The summed E-state index contributed by atoms with van der Waals surface area (Å²) < 4.78 is 0. The molecule has 10 heteroatoms. The maximum atomic E-state index is 13.8. The van der Waals surface area contributed by atoms with Gasteiger partial charge in [-0.1, -0.05) is 51.4 Å². The molecule has 0 radical (unpaired) electrons. The zero-order chi connectivity index (χ0) is 26.0. The topological polar surface area (TPSA) is 98.7 Å². The predicted octanol–water partition coefficient (Wildman–Crippen LogP) is 4.94. The summed E-state index contributed by atoms with van der Waals surface area (Å²) >= 11 is 8.00. The van der Waals surface area contributed by atoms with Crippen molar-refractivity contribution in [1.82, 2.24) is 20.2 Å². The molecule has 2 amide bonds. The molecular formula is C26H34ClN5O3S. The number of rotatable bonds is 6. The minimum Gasteiger partial charge on any atom is -0.465 e. The Kier molecular flexibility index (Phi) is 7.99. The first-order valence-corrected chi connectivity index (χ1v) is 13.8. The summed E-state index contributed by atoms with van der Waals surface area (Å²) in [6.07, 6.45) is 1.45. The third kappa shape index (κ3) is 5.57. The van der Waals surface area contributed by atoms with E-state index in [9.17, 15) is 14.7 Å². The molecule has 3 heterocycles. The molecule has 3 atom stereocenters. The van der Waals surface area contributed by atoms with E-state index in [0.717, 1.165) is 29.2 Å². The largest absolute Gasteiger partial charge is 0.465 e. The third-order valence-electron chi connectivity index (χ3n) is 6.99. The fourth-order valence-corrected chi connectivity index (χ4v) is 6.68. The number of nitrogens with one attached hydrogen (secondary N) is 1. The van der Waals surface area contributed by atoms with Crippen LogP contribution in [0.4, 0.5) is 10.6 Å². The fourth-order valence-electron chi connectivity index (χ4n) is 5.32. The Morgan fingerprint density at radius 2 is 1.83 bits per heavy atom. The molecule has 2 N–H and O–H groups in total. The number of fused-ring (bicyclic) bond motifs is 1.